The molecule has 0 aliphatic rings. The minimum atomic E-state index is -0.452. The number of rotatable bonds is 5. The Morgan fingerprint density at radius 2 is 2.05 bits per heavy atom. The molecular weight excluding hydrogens is 244 g/mol. The van der Waals surface area contributed by atoms with E-state index in [-0.39, 0.29) is 13.2 Å². The van der Waals surface area contributed by atoms with Crippen LogP contribution < -0.4 is 10.5 Å². The number of ether oxygens (including phenoxy) is 2. The molecule has 1 heterocycles. The molecule has 19 heavy (non-hydrogen) atoms. The third kappa shape index (κ3) is 3.99. The van der Waals surface area contributed by atoms with Crippen molar-refractivity contribution in [3.05, 3.63) is 54.4 Å². The number of anilines is 1. The van der Waals surface area contributed by atoms with E-state index in [0.29, 0.717) is 11.4 Å². The summed E-state index contributed by atoms with van der Waals surface area (Å²) in [6.45, 7) is 0.00871. The van der Waals surface area contributed by atoms with Crippen LogP contribution in [-0.2, 0) is 16.1 Å². The molecule has 2 aromatic rings. The number of esters is 1. The van der Waals surface area contributed by atoms with E-state index in [9.17, 15) is 4.79 Å². The van der Waals surface area contributed by atoms with Crippen LogP contribution >= 0.6 is 0 Å². The number of hydrogen-bond donors (Lipinski definition) is 1. The van der Waals surface area contributed by atoms with Crippen LogP contribution in [0.25, 0.3) is 0 Å². The molecule has 0 radical (unpaired) electrons. The molecule has 0 spiro atoms. The Hall–Kier alpha value is -2.56. The van der Waals surface area contributed by atoms with Crippen LogP contribution in [0.15, 0.2) is 48.8 Å². The second-order valence-corrected chi connectivity index (χ2v) is 3.85. The van der Waals surface area contributed by atoms with Crippen LogP contribution in [0.2, 0.25) is 0 Å². The number of para-hydroxylation sites is 2. The summed E-state index contributed by atoms with van der Waals surface area (Å²) in [5.41, 5.74) is 7.00. The average Bonchev–Trinajstić information content (AvgIpc) is 2.45. The summed E-state index contributed by atoms with van der Waals surface area (Å²) in [6.07, 6.45) is 3.30. The maximum atomic E-state index is 11.5. The lowest BCUT2D eigenvalue weighted by Gasteiger charge is -2.08. The van der Waals surface area contributed by atoms with Crippen molar-refractivity contribution in [3.63, 3.8) is 0 Å². The summed E-state index contributed by atoms with van der Waals surface area (Å²) < 4.78 is 10.3. The fourth-order valence-electron chi connectivity index (χ4n) is 1.44. The Kier molecular flexibility index (Phi) is 4.34. The van der Waals surface area contributed by atoms with Gasteiger partial charge in [0, 0.05) is 18.0 Å². The Bertz CT molecular complexity index is 543. The minimum Gasteiger partial charge on any atom is -0.480 e. The van der Waals surface area contributed by atoms with E-state index < -0.39 is 5.97 Å². The number of nitrogens with two attached hydrogens (primary N) is 1. The summed E-state index contributed by atoms with van der Waals surface area (Å²) in [5.74, 6) is 0.0212. The van der Waals surface area contributed by atoms with Crippen LogP contribution in [-0.4, -0.2) is 17.6 Å². The number of carbonyl (C=O) groups is 1. The van der Waals surface area contributed by atoms with Crippen molar-refractivity contribution in [1.82, 2.24) is 4.98 Å². The molecule has 1 aromatic heterocycles. The van der Waals surface area contributed by atoms with Crippen molar-refractivity contribution in [2.24, 2.45) is 0 Å². The molecule has 0 aliphatic carbocycles. The second kappa shape index (κ2) is 6.39. The summed E-state index contributed by atoms with van der Waals surface area (Å²) in [7, 11) is 0. The lowest BCUT2D eigenvalue weighted by Crippen LogP contribution is -2.15. The number of hydrogen-bond acceptors (Lipinski definition) is 5. The molecule has 5 nitrogen and oxygen atoms in total. The van der Waals surface area contributed by atoms with Gasteiger partial charge in [-0.05, 0) is 18.2 Å². The first-order chi connectivity index (χ1) is 9.25. The average molecular weight is 258 g/mol. The molecule has 2 rings (SSSR count). The van der Waals surface area contributed by atoms with E-state index in [4.69, 9.17) is 15.2 Å². The van der Waals surface area contributed by atoms with Crippen molar-refractivity contribution < 1.29 is 14.3 Å². The molecule has 0 saturated carbocycles. The molecule has 0 aliphatic heterocycles. The van der Waals surface area contributed by atoms with Crippen molar-refractivity contribution in [3.8, 4) is 5.75 Å². The fourth-order valence-corrected chi connectivity index (χ4v) is 1.44. The van der Waals surface area contributed by atoms with Gasteiger partial charge in [-0.25, -0.2) is 4.79 Å². The third-order valence-electron chi connectivity index (χ3n) is 2.39. The number of nitrogen functional groups attached to an aromatic ring is 1. The van der Waals surface area contributed by atoms with Gasteiger partial charge in [0.1, 0.15) is 12.4 Å². The van der Waals surface area contributed by atoms with Gasteiger partial charge in [-0.3, -0.25) is 4.98 Å². The SMILES string of the molecule is Nc1ccccc1OCC(=O)OCc1cccnc1. The van der Waals surface area contributed by atoms with Crippen LogP contribution in [0.1, 0.15) is 5.56 Å². The van der Waals surface area contributed by atoms with Crippen LogP contribution in [0.4, 0.5) is 5.69 Å². The minimum absolute atomic E-state index is 0.172. The van der Waals surface area contributed by atoms with E-state index in [1.807, 2.05) is 6.07 Å². The zero-order chi connectivity index (χ0) is 13.5. The molecule has 5 heteroatoms. The van der Waals surface area contributed by atoms with Gasteiger partial charge in [0.2, 0.25) is 0 Å². The van der Waals surface area contributed by atoms with E-state index in [1.54, 1.807) is 42.7 Å². The number of nitrogens with zero attached hydrogens (tertiary/aromatic N) is 1. The van der Waals surface area contributed by atoms with E-state index >= 15 is 0 Å². The molecule has 0 bridgehead atoms. The molecule has 1 aromatic carbocycles. The number of carbonyl (C=O) groups excluding carboxylic acids is 1. The lowest BCUT2D eigenvalue weighted by atomic mass is 10.3. The van der Waals surface area contributed by atoms with Crippen molar-refractivity contribution in [1.29, 1.82) is 0 Å². The summed E-state index contributed by atoms with van der Waals surface area (Å²) in [6, 6.07) is 10.6. The first kappa shape index (κ1) is 12.9. The van der Waals surface area contributed by atoms with Gasteiger partial charge in [0.25, 0.3) is 0 Å². The highest BCUT2D eigenvalue weighted by Gasteiger charge is 2.06. The van der Waals surface area contributed by atoms with E-state index in [1.165, 1.54) is 0 Å². The van der Waals surface area contributed by atoms with Gasteiger partial charge in [0.15, 0.2) is 6.61 Å². The van der Waals surface area contributed by atoms with Crippen LogP contribution in [0.3, 0.4) is 0 Å². The summed E-state index contributed by atoms with van der Waals surface area (Å²) in [5, 5.41) is 0. The lowest BCUT2D eigenvalue weighted by molar-refractivity contribution is -0.147. The zero-order valence-electron chi connectivity index (χ0n) is 10.3. The third-order valence-corrected chi connectivity index (χ3v) is 2.39. The maximum Gasteiger partial charge on any atom is 0.344 e. The van der Waals surface area contributed by atoms with Gasteiger partial charge in [-0.15, -0.1) is 0 Å². The first-order valence-corrected chi connectivity index (χ1v) is 5.77. The number of benzene rings is 1. The van der Waals surface area contributed by atoms with Crippen molar-refractivity contribution in [2.75, 3.05) is 12.3 Å². The monoisotopic (exact) mass is 258 g/mol. The van der Waals surface area contributed by atoms with Crippen LogP contribution in [0, 0.1) is 0 Å². The first-order valence-electron chi connectivity index (χ1n) is 5.77. The molecule has 0 fully saturated rings. The van der Waals surface area contributed by atoms with Gasteiger partial charge in [-0.1, -0.05) is 18.2 Å². The highest BCUT2D eigenvalue weighted by Crippen LogP contribution is 2.19. The summed E-state index contributed by atoms with van der Waals surface area (Å²) >= 11 is 0. The van der Waals surface area contributed by atoms with Crippen molar-refractivity contribution in [2.45, 2.75) is 6.61 Å². The molecule has 0 saturated heterocycles. The highest BCUT2D eigenvalue weighted by molar-refractivity contribution is 5.71. The zero-order valence-corrected chi connectivity index (χ0v) is 10.3. The highest BCUT2D eigenvalue weighted by atomic mass is 16.6. The quantitative estimate of drug-likeness (QED) is 0.653. The molecule has 0 unspecified atom stereocenters. The largest absolute Gasteiger partial charge is 0.480 e. The Morgan fingerprint density at radius 3 is 2.79 bits per heavy atom. The Morgan fingerprint density at radius 1 is 1.21 bits per heavy atom. The predicted molar refractivity (Wildman–Crippen MR) is 70.4 cm³/mol. The Balaban J connectivity index is 1.78. The molecule has 0 atom stereocenters. The fraction of sp³-hybridized carbons (Fsp3) is 0.143. The maximum absolute atomic E-state index is 11.5. The molecule has 0 amide bonds. The smallest absolute Gasteiger partial charge is 0.344 e. The van der Waals surface area contributed by atoms with Crippen molar-refractivity contribution >= 4 is 11.7 Å². The normalized spacial score (nSPS) is 9.89. The van der Waals surface area contributed by atoms with Crippen LogP contribution in [0.5, 0.6) is 5.75 Å². The van der Waals surface area contributed by atoms with E-state index in [0.717, 1.165) is 5.56 Å². The van der Waals surface area contributed by atoms with Gasteiger partial charge >= 0.3 is 5.97 Å². The number of aromatic nitrogens is 1. The van der Waals surface area contributed by atoms with Gasteiger partial charge in [0.05, 0.1) is 5.69 Å². The van der Waals surface area contributed by atoms with Gasteiger partial charge in [-0.2, -0.15) is 0 Å². The standard InChI is InChI=1S/C14H14N2O3/c15-12-5-1-2-6-13(12)18-10-14(17)19-9-11-4-3-7-16-8-11/h1-8H,9-10,15H2. The number of pyridine rings is 1. The molecule has 2 N–H and O–H groups in total. The summed E-state index contributed by atoms with van der Waals surface area (Å²) in [4.78, 5) is 15.4. The molecule has 98 valence electrons. The predicted octanol–water partition coefficient (Wildman–Crippen LogP) is 1.79. The Labute approximate surface area is 111 Å². The second-order valence-electron chi connectivity index (χ2n) is 3.85. The van der Waals surface area contributed by atoms with E-state index in [2.05, 4.69) is 4.98 Å². The molecular formula is C14H14N2O3. The van der Waals surface area contributed by atoms with Gasteiger partial charge < -0.3 is 15.2 Å². The topological polar surface area (TPSA) is 74.4 Å².